The third kappa shape index (κ3) is 4.34. The molecule has 1 fully saturated rings. The molecule has 162 valence electrons. The van der Waals surface area contributed by atoms with Crippen LogP contribution in [-0.2, 0) is 4.79 Å². The number of rotatable bonds is 6. The number of anilines is 1. The number of methoxy groups -OCH3 is 1. The van der Waals surface area contributed by atoms with Crippen LogP contribution in [-0.4, -0.2) is 36.2 Å². The minimum Gasteiger partial charge on any atom is -0.497 e. The van der Waals surface area contributed by atoms with Gasteiger partial charge in [-0.1, -0.05) is 37.2 Å². The van der Waals surface area contributed by atoms with Gasteiger partial charge < -0.3 is 9.64 Å². The van der Waals surface area contributed by atoms with Crippen LogP contribution >= 0.6 is 23.5 Å². The van der Waals surface area contributed by atoms with Crippen LogP contribution in [0, 0.1) is 6.92 Å². The van der Waals surface area contributed by atoms with E-state index in [4.69, 9.17) is 9.73 Å². The van der Waals surface area contributed by atoms with Gasteiger partial charge in [0.05, 0.1) is 18.5 Å². The Morgan fingerprint density at radius 1 is 1.06 bits per heavy atom. The normalized spacial score (nSPS) is 19.5. The summed E-state index contributed by atoms with van der Waals surface area (Å²) in [6.07, 6.45) is 1.98. The number of carbonyl (C=O) groups is 1. The van der Waals surface area contributed by atoms with Crippen molar-refractivity contribution in [1.82, 2.24) is 4.90 Å². The van der Waals surface area contributed by atoms with Crippen LogP contribution < -0.4 is 9.64 Å². The monoisotopic (exact) mass is 453 g/mol. The molecular weight excluding hydrogens is 426 g/mol. The van der Waals surface area contributed by atoms with Gasteiger partial charge >= 0.3 is 0 Å². The predicted octanol–water partition coefficient (Wildman–Crippen LogP) is 6.17. The van der Waals surface area contributed by atoms with E-state index >= 15 is 0 Å². The van der Waals surface area contributed by atoms with E-state index in [2.05, 4.69) is 37.8 Å². The van der Waals surface area contributed by atoms with E-state index in [1.165, 1.54) is 11.8 Å². The molecule has 0 N–H and O–H groups in total. The lowest BCUT2D eigenvalue weighted by atomic mass is 10.2. The Kier molecular flexibility index (Phi) is 6.62. The Labute approximate surface area is 192 Å². The molecule has 2 heterocycles. The van der Waals surface area contributed by atoms with Gasteiger partial charge in [0.1, 0.15) is 15.7 Å². The highest BCUT2D eigenvalue weighted by Crippen LogP contribution is 2.51. The Morgan fingerprint density at radius 2 is 1.90 bits per heavy atom. The average molecular weight is 454 g/mol. The molecule has 1 saturated heterocycles. The molecule has 0 bridgehead atoms. The van der Waals surface area contributed by atoms with Gasteiger partial charge in [0.2, 0.25) is 0 Å². The summed E-state index contributed by atoms with van der Waals surface area (Å²) in [4.78, 5) is 24.3. The maximum atomic E-state index is 13.5. The third-order valence-corrected chi connectivity index (χ3v) is 7.62. The predicted molar refractivity (Wildman–Crippen MR) is 131 cm³/mol. The standard InChI is InChI=1S/C24H27N3O2S2/c1-5-7-13-27-22(28)21(31-24(27)25-17-10-8-9-16(3)14-17)23-26(6-2)19-15-18(29-4)11-12-20(19)30-23/h8-12,14-15H,5-7,13H2,1-4H3/b23-21-,25-24?. The fourth-order valence-electron chi connectivity index (χ4n) is 3.61. The molecule has 4 rings (SSSR count). The summed E-state index contributed by atoms with van der Waals surface area (Å²) in [6, 6.07) is 14.2. The molecular formula is C24H27N3O2S2. The molecule has 2 aromatic carbocycles. The van der Waals surface area contributed by atoms with Gasteiger partial charge in [0.15, 0.2) is 5.17 Å². The first kappa shape index (κ1) is 21.8. The van der Waals surface area contributed by atoms with E-state index in [1.54, 1.807) is 18.9 Å². The number of amides is 1. The summed E-state index contributed by atoms with van der Waals surface area (Å²) in [7, 11) is 1.68. The molecule has 2 aliphatic rings. The van der Waals surface area contributed by atoms with E-state index < -0.39 is 0 Å². The zero-order valence-corrected chi connectivity index (χ0v) is 20.0. The van der Waals surface area contributed by atoms with E-state index in [-0.39, 0.29) is 5.91 Å². The van der Waals surface area contributed by atoms with Crippen molar-refractivity contribution in [2.75, 3.05) is 25.1 Å². The first-order valence-corrected chi connectivity index (χ1v) is 12.2. The highest BCUT2D eigenvalue weighted by Gasteiger charge is 2.39. The number of thioether (sulfide) groups is 2. The lowest BCUT2D eigenvalue weighted by Gasteiger charge is -2.19. The van der Waals surface area contributed by atoms with Crippen molar-refractivity contribution in [3.63, 3.8) is 0 Å². The zero-order chi connectivity index (χ0) is 22.0. The molecule has 0 unspecified atom stereocenters. The number of ether oxygens (including phenoxy) is 1. The largest absolute Gasteiger partial charge is 0.497 e. The fourth-order valence-corrected chi connectivity index (χ4v) is 6.01. The summed E-state index contributed by atoms with van der Waals surface area (Å²) in [5, 5.41) is 1.74. The second-order valence-electron chi connectivity index (χ2n) is 7.46. The van der Waals surface area contributed by atoms with Gasteiger partial charge in [0.25, 0.3) is 5.91 Å². The minimum atomic E-state index is 0.0468. The van der Waals surface area contributed by atoms with Crippen LogP contribution in [0.2, 0.25) is 0 Å². The number of benzene rings is 2. The number of fused-ring (bicyclic) bond motifs is 1. The van der Waals surface area contributed by atoms with Crippen LogP contribution in [0.5, 0.6) is 5.75 Å². The number of nitrogens with zero attached hydrogens (tertiary/aromatic N) is 3. The number of aliphatic imine (C=N–C) groups is 1. The van der Waals surface area contributed by atoms with Crippen LogP contribution in [0.15, 0.2) is 62.3 Å². The molecule has 2 aliphatic heterocycles. The third-order valence-electron chi connectivity index (χ3n) is 5.24. The molecule has 0 aliphatic carbocycles. The summed E-state index contributed by atoms with van der Waals surface area (Å²) >= 11 is 3.14. The molecule has 2 aromatic rings. The maximum absolute atomic E-state index is 13.5. The molecule has 7 heteroatoms. The molecule has 1 amide bonds. The number of hydrogen-bond acceptors (Lipinski definition) is 6. The molecule has 5 nitrogen and oxygen atoms in total. The lowest BCUT2D eigenvalue weighted by Crippen LogP contribution is -2.30. The van der Waals surface area contributed by atoms with Crippen LogP contribution in [0.25, 0.3) is 0 Å². The lowest BCUT2D eigenvalue weighted by molar-refractivity contribution is -0.122. The Hall–Kier alpha value is -2.38. The van der Waals surface area contributed by atoms with Gasteiger partial charge in [-0.3, -0.25) is 9.69 Å². The van der Waals surface area contributed by atoms with E-state index in [9.17, 15) is 4.79 Å². The quantitative estimate of drug-likeness (QED) is 0.490. The summed E-state index contributed by atoms with van der Waals surface area (Å²) in [5.74, 6) is 0.867. The SMILES string of the molecule is CCCCN1C(=O)/C(=C2/Sc3ccc(OC)cc3N2CC)SC1=Nc1cccc(C)c1. The van der Waals surface area contributed by atoms with Crippen molar-refractivity contribution < 1.29 is 9.53 Å². The van der Waals surface area contributed by atoms with E-state index in [1.807, 2.05) is 35.2 Å². The second kappa shape index (κ2) is 9.40. The van der Waals surface area contributed by atoms with Gasteiger partial charge in [-0.05, 0) is 61.9 Å². The fraction of sp³-hybridized carbons (Fsp3) is 0.333. The van der Waals surface area contributed by atoms with Gasteiger partial charge in [-0.15, -0.1) is 0 Å². The van der Waals surface area contributed by atoms with E-state index in [0.717, 1.165) is 62.1 Å². The highest BCUT2D eigenvalue weighted by atomic mass is 32.2. The minimum absolute atomic E-state index is 0.0468. The number of unbranched alkanes of at least 4 members (excludes halogenated alkanes) is 1. The van der Waals surface area contributed by atoms with Crippen molar-refractivity contribution >= 4 is 46.0 Å². The van der Waals surface area contributed by atoms with Crippen molar-refractivity contribution in [2.45, 2.75) is 38.5 Å². The van der Waals surface area contributed by atoms with Crippen molar-refractivity contribution in [1.29, 1.82) is 0 Å². The van der Waals surface area contributed by atoms with Crippen LogP contribution in [0.3, 0.4) is 0 Å². The van der Waals surface area contributed by atoms with Crippen molar-refractivity contribution in [3.05, 3.63) is 58.0 Å². The van der Waals surface area contributed by atoms with E-state index in [0.29, 0.717) is 6.54 Å². The molecule has 0 saturated carbocycles. The van der Waals surface area contributed by atoms with Crippen molar-refractivity contribution in [2.24, 2.45) is 4.99 Å². The smallest absolute Gasteiger partial charge is 0.269 e. The maximum Gasteiger partial charge on any atom is 0.269 e. The number of aryl methyl sites for hydroxylation is 1. The molecule has 31 heavy (non-hydrogen) atoms. The Bertz CT molecular complexity index is 1060. The average Bonchev–Trinajstić information content (AvgIpc) is 3.28. The van der Waals surface area contributed by atoms with Gasteiger partial charge in [-0.25, -0.2) is 4.99 Å². The molecule has 0 spiro atoms. The van der Waals surface area contributed by atoms with Gasteiger partial charge in [0, 0.05) is 24.1 Å². The van der Waals surface area contributed by atoms with Crippen molar-refractivity contribution in [3.8, 4) is 5.75 Å². The van der Waals surface area contributed by atoms with Gasteiger partial charge in [-0.2, -0.15) is 0 Å². The molecule has 0 atom stereocenters. The number of hydrogen-bond donors (Lipinski definition) is 0. The van der Waals surface area contributed by atoms with Crippen LogP contribution in [0.1, 0.15) is 32.3 Å². The summed E-state index contributed by atoms with van der Waals surface area (Å²) in [6.45, 7) is 7.76. The second-order valence-corrected chi connectivity index (χ2v) is 9.47. The molecule has 0 aromatic heterocycles. The summed E-state index contributed by atoms with van der Waals surface area (Å²) < 4.78 is 5.42. The number of amidine groups is 1. The van der Waals surface area contributed by atoms with Crippen LogP contribution in [0.4, 0.5) is 11.4 Å². The summed E-state index contributed by atoms with van der Waals surface area (Å²) in [5.41, 5.74) is 3.12. The topological polar surface area (TPSA) is 45.1 Å². The zero-order valence-electron chi connectivity index (χ0n) is 18.3. The Balaban J connectivity index is 1.74. The Morgan fingerprint density at radius 3 is 2.61 bits per heavy atom. The number of carbonyl (C=O) groups excluding carboxylic acids is 1. The molecule has 0 radical (unpaired) electrons. The first-order valence-electron chi connectivity index (χ1n) is 10.6. The highest BCUT2D eigenvalue weighted by molar-refractivity contribution is 8.19. The first-order chi connectivity index (χ1) is 15.0.